The molecule has 6 heteroatoms. The number of piperidine rings is 1. The molecule has 0 saturated carbocycles. The minimum Gasteiger partial charge on any atom is -0.337 e. The predicted octanol–water partition coefficient (Wildman–Crippen LogP) is 1.69. The Bertz CT molecular complexity index is 548. The van der Waals surface area contributed by atoms with Crippen molar-refractivity contribution in [2.75, 3.05) is 19.6 Å². The number of rotatable bonds is 5. The van der Waals surface area contributed by atoms with E-state index in [0.29, 0.717) is 11.7 Å². The molecule has 0 atom stereocenters. The number of hydrogen-bond acceptors (Lipinski definition) is 6. The molecule has 1 aliphatic rings. The molecule has 112 valence electrons. The van der Waals surface area contributed by atoms with Crippen molar-refractivity contribution in [3.05, 3.63) is 30.3 Å². The highest BCUT2D eigenvalue weighted by atomic mass is 16.5. The molecule has 0 aromatic carbocycles. The van der Waals surface area contributed by atoms with E-state index < -0.39 is 0 Å². The molecule has 3 heterocycles. The summed E-state index contributed by atoms with van der Waals surface area (Å²) in [6.45, 7) is 3.66. The fourth-order valence-corrected chi connectivity index (χ4v) is 2.78. The van der Waals surface area contributed by atoms with Crippen LogP contribution < -0.4 is 5.73 Å². The van der Waals surface area contributed by atoms with Crippen molar-refractivity contribution < 1.29 is 4.52 Å². The zero-order chi connectivity index (χ0) is 14.5. The van der Waals surface area contributed by atoms with E-state index in [1.54, 1.807) is 6.20 Å². The van der Waals surface area contributed by atoms with Crippen molar-refractivity contribution in [3.8, 4) is 11.5 Å². The third-order valence-electron chi connectivity index (χ3n) is 4.00. The van der Waals surface area contributed by atoms with Crippen LogP contribution in [0.4, 0.5) is 0 Å². The number of hydrogen-bond donors (Lipinski definition) is 1. The molecule has 3 rings (SSSR count). The Balaban J connectivity index is 1.56. The van der Waals surface area contributed by atoms with Crippen LogP contribution in [0.1, 0.15) is 25.2 Å². The first-order valence-electron chi connectivity index (χ1n) is 7.51. The monoisotopic (exact) mass is 287 g/mol. The normalized spacial score (nSPS) is 17.2. The molecule has 2 aromatic heterocycles. The zero-order valence-corrected chi connectivity index (χ0v) is 12.1. The van der Waals surface area contributed by atoms with Crippen LogP contribution >= 0.6 is 0 Å². The summed E-state index contributed by atoms with van der Waals surface area (Å²) in [6, 6.07) is 5.67. The van der Waals surface area contributed by atoms with Gasteiger partial charge in [-0.2, -0.15) is 4.98 Å². The molecule has 0 spiro atoms. The first-order chi connectivity index (χ1) is 10.3. The Morgan fingerprint density at radius 2 is 2.14 bits per heavy atom. The van der Waals surface area contributed by atoms with Gasteiger partial charge in [0.05, 0.1) is 6.54 Å². The van der Waals surface area contributed by atoms with Gasteiger partial charge in [0.25, 0.3) is 0 Å². The summed E-state index contributed by atoms with van der Waals surface area (Å²) in [7, 11) is 0. The summed E-state index contributed by atoms with van der Waals surface area (Å²) >= 11 is 0. The maximum Gasteiger partial charge on any atom is 0.241 e. The maximum absolute atomic E-state index is 5.62. The van der Waals surface area contributed by atoms with Crippen molar-refractivity contribution in [1.82, 2.24) is 20.0 Å². The molecule has 0 amide bonds. The van der Waals surface area contributed by atoms with Gasteiger partial charge in [0.1, 0.15) is 5.69 Å². The van der Waals surface area contributed by atoms with Crippen LogP contribution in [-0.2, 0) is 6.54 Å². The van der Waals surface area contributed by atoms with Crippen LogP contribution in [0.15, 0.2) is 28.9 Å². The van der Waals surface area contributed by atoms with Crippen molar-refractivity contribution in [2.24, 2.45) is 11.7 Å². The molecule has 2 N–H and O–H groups in total. The molecule has 1 saturated heterocycles. The zero-order valence-electron chi connectivity index (χ0n) is 12.1. The van der Waals surface area contributed by atoms with Crippen LogP contribution in [0.25, 0.3) is 11.5 Å². The lowest BCUT2D eigenvalue weighted by atomic mass is 9.94. The topological polar surface area (TPSA) is 81.1 Å². The largest absolute Gasteiger partial charge is 0.337 e. The van der Waals surface area contributed by atoms with Gasteiger partial charge in [-0.1, -0.05) is 11.2 Å². The van der Waals surface area contributed by atoms with Crippen LogP contribution in [0.5, 0.6) is 0 Å². The second-order valence-electron chi connectivity index (χ2n) is 5.52. The van der Waals surface area contributed by atoms with Crippen LogP contribution in [0, 0.1) is 5.92 Å². The number of aromatic nitrogens is 3. The first-order valence-corrected chi connectivity index (χ1v) is 7.51. The number of nitrogens with zero attached hydrogens (tertiary/aromatic N) is 4. The van der Waals surface area contributed by atoms with Gasteiger partial charge >= 0.3 is 0 Å². The summed E-state index contributed by atoms with van der Waals surface area (Å²) in [4.78, 5) is 11.0. The first kappa shape index (κ1) is 14.2. The lowest BCUT2D eigenvalue weighted by molar-refractivity contribution is 0.156. The Hall–Kier alpha value is -1.79. The quantitative estimate of drug-likeness (QED) is 0.901. The highest BCUT2D eigenvalue weighted by Gasteiger charge is 2.20. The molecule has 21 heavy (non-hydrogen) atoms. The van der Waals surface area contributed by atoms with Gasteiger partial charge in [0.15, 0.2) is 0 Å². The van der Waals surface area contributed by atoms with E-state index in [1.165, 1.54) is 12.8 Å². The minimum atomic E-state index is 0.559. The molecular formula is C15H21N5O. The third kappa shape index (κ3) is 3.65. The van der Waals surface area contributed by atoms with Crippen molar-refractivity contribution in [1.29, 1.82) is 0 Å². The fourth-order valence-electron chi connectivity index (χ4n) is 2.78. The Morgan fingerprint density at radius 3 is 2.86 bits per heavy atom. The molecule has 6 nitrogen and oxygen atoms in total. The molecule has 0 radical (unpaired) electrons. The van der Waals surface area contributed by atoms with Crippen molar-refractivity contribution in [2.45, 2.75) is 25.8 Å². The van der Waals surface area contributed by atoms with Gasteiger partial charge in [-0.15, -0.1) is 0 Å². The number of pyridine rings is 1. The van der Waals surface area contributed by atoms with Crippen molar-refractivity contribution >= 4 is 0 Å². The van der Waals surface area contributed by atoms with Gasteiger partial charge < -0.3 is 10.3 Å². The number of likely N-dealkylation sites (tertiary alicyclic amines) is 1. The molecule has 0 unspecified atom stereocenters. The van der Waals surface area contributed by atoms with E-state index in [1.807, 2.05) is 18.2 Å². The van der Waals surface area contributed by atoms with Crippen LogP contribution in [0.3, 0.4) is 0 Å². The summed E-state index contributed by atoms with van der Waals surface area (Å²) in [5.41, 5.74) is 6.37. The summed E-state index contributed by atoms with van der Waals surface area (Å²) in [5.74, 6) is 1.99. The minimum absolute atomic E-state index is 0.559. The second-order valence-corrected chi connectivity index (χ2v) is 5.52. The Kier molecular flexibility index (Phi) is 4.57. The number of nitrogens with two attached hydrogens (primary N) is 1. The lowest BCUT2D eigenvalue weighted by Crippen LogP contribution is -2.33. The summed E-state index contributed by atoms with van der Waals surface area (Å²) in [5, 5.41) is 4.00. The molecule has 1 aliphatic heterocycles. The highest BCUT2D eigenvalue weighted by molar-refractivity contribution is 5.46. The van der Waals surface area contributed by atoms with Gasteiger partial charge in [-0.05, 0) is 56.9 Å². The van der Waals surface area contributed by atoms with Crippen LogP contribution in [-0.4, -0.2) is 39.7 Å². The Labute approximate surface area is 124 Å². The molecule has 2 aromatic rings. The van der Waals surface area contributed by atoms with Crippen molar-refractivity contribution in [3.63, 3.8) is 0 Å². The molecular weight excluding hydrogens is 266 g/mol. The second kappa shape index (κ2) is 6.78. The average Bonchev–Trinajstić information content (AvgIpc) is 2.99. The smallest absolute Gasteiger partial charge is 0.241 e. The highest BCUT2D eigenvalue weighted by Crippen LogP contribution is 2.21. The molecule has 0 aliphatic carbocycles. The van der Waals surface area contributed by atoms with E-state index in [9.17, 15) is 0 Å². The molecule has 1 fully saturated rings. The van der Waals surface area contributed by atoms with Gasteiger partial charge in [-0.25, -0.2) is 0 Å². The standard InChI is InChI=1S/C15H21N5O/c16-7-4-12-5-9-20(10-6-12)11-14-18-15(19-21-14)13-3-1-2-8-17-13/h1-3,8,12H,4-7,9-11,16H2. The van der Waals surface area contributed by atoms with E-state index >= 15 is 0 Å². The SMILES string of the molecule is NCCC1CCN(Cc2nc(-c3ccccn3)no2)CC1. The lowest BCUT2D eigenvalue weighted by Gasteiger charge is -2.30. The third-order valence-corrected chi connectivity index (χ3v) is 4.00. The Morgan fingerprint density at radius 1 is 1.29 bits per heavy atom. The maximum atomic E-state index is 5.62. The molecule has 0 bridgehead atoms. The average molecular weight is 287 g/mol. The van der Waals surface area contributed by atoms with Gasteiger partial charge in [0, 0.05) is 6.20 Å². The van der Waals surface area contributed by atoms with E-state index in [4.69, 9.17) is 10.3 Å². The fraction of sp³-hybridized carbons (Fsp3) is 0.533. The summed E-state index contributed by atoms with van der Waals surface area (Å²) in [6.07, 6.45) is 5.28. The predicted molar refractivity (Wildman–Crippen MR) is 79.2 cm³/mol. The summed E-state index contributed by atoms with van der Waals surface area (Å²) < 4.78 is 5.33. The van der Waals surface area contributed by atoms with Crippen LogP contribution in [0.2, 0.25) is 0 Å². The van der Waals surface area contributed by atoms with E-state index in [2.05, 4.69) is 20.0 Å². The van der Waals surface area contributed by atoms with Gasteiger partial charge in [-0.3, -0.25) is 9.88 Å². The van der Waals surface area contributed by atoms with Gasteiger partial charge in [0.2, 0.25) is 11.7 Å². The van der Waals surface area contributed by atoms with E-state index in [-0.39, 0.29) is 0 Å². The van der Waals surface area contributed by atoms with E-state index in [0.717, 1.165) is 44.2 Å².